The van der Waals surface area contributed by atoms with Crippen molar-refractivity contribution in [2.75, 3.05) is 26.8 Å². The van der Waals surface area contributed by atoms with Gasteiger partial charge in [-0.15, -0.1) is 5.10 Å². The summed E-state index contributed by atoms with van der Waals surface area (Å²) in [6, 6.07) is 2.44. The van der Waals surface area contributed by atoms with Crippen LogP contribution in [0, 0.1) is 17.5 Å². The lowest BCUT2D eigenvalue weighted by atomic mass is 9.97. The first-order valence-corrected chi connectivity index (χ1v) is 12.8. The van der Waals surface area contributed by atoms with Crippen LogP contribution in [0.1, 0.15) is 11.7 Å². The Hall–Kier alpha value is -2.52. The minimum Gasteiger partial charge on any atom is -0.394 e. The van der Waals surface area contributed by atoms with Crippen LogP contribution in [0.15, 0.2) is 41.6 Å². The summed E-state index contributed by atoms with van der Waals surface area (Å²) in [7, 11) is 1.43. The average Bonchev–Trinajstić information content (AvgIpc) is 3.60. The lowest BCUT2D eigenvalue weighted by molar-refractivity contribution is -0.186. The number of ether oxygens (including phenoxy) is 2. The second-order valence-corrected chi connectivity index (χ2v) is 10.3. The first-order valence-electron chi connectivity index (χ1n) is 11.6. The highest BCUT2D eigenvalue weighted by Crippen LogP contribution is 2.42. The topological polar surface area (TPSA) is 115 Å². The predicted molar refractivity (Wildman–Crippen MR) is 133 cm³/mol. The normalized spacial score (nSPS) is 25.6. The molecule has 0 spiro atoms. The molecule has 38 heavy (non-hydrogen) atoms. The van der Waals surface area contributed by atoms with E-state index >= 15 is 0 Å². The third-order valence-electron chi connectivity index (χ3n) is 6.37. The van der Waals surface area contributed by atoms with Gasteiger partial charge in [0.1, 0.15) is 35.5 Å². The Bertz CT molecular complexity index is 1340. The maximum atomic E-state index is 13.8. The maximum Gasteiger partial charge on any atom is 0.194 e. The maximum absolute atomic E-state index is 13.8. The number of methoxy groups -OCH3 is 1. The van der Waals surface area contributed by atoms with Gasteiger partial charge in [0.25, 0.3) is 0 Å². The van der Waals surface area contributed by atoms with E-state index in [0.717, 1.165) is 23.4 Å². The van der Waals surface area contributed by atoms with E-state index in [9.17, 15) is 23.4 Å². The Labute approximate surface area is 224 Å². The molecule has 14 heteroatoms. The summed E-state index contributed by atoms with van der Waals surface area (Å²) in [6.45, 7) is 0.840. The van der Waals surface area contributed by atoms with Crippen molar-refractivity contribution in [3.8, 4) is 11.3 Å². The second-order valence-electron chi connectivity index (χ2n) is 8.72. The molecule has 2 aliphatic heterocycles. The Balaban J connectivity index is 1.49. The fraction of sp³-hybridized carbons (Fsp3) is 0.375. The Kier molecular flexibility index (Phi) is 8.05. The lowest BCUT2D eigenvalue weighted by Crippen LogP contribution is -2.55. The second kappa shape index (κ2) is 11.3. The molecule has 3 unspecified atom stereocenters. The zero-order valence-electron chi connectivity index (χ0n) is 19.9. The summed E-state index contributed by atoms with van der Waals surface area (Å²) < 4.78 is 54.1. The average molecular weight is 570 g/mol. The largest absolute Gasteiger partial charge is 0.394 e. The molecule has 0 radical (unpaired) electrons. The monoisotopic (exact) mass is 569 g/mol. The minimum absolute atomic E-state index is 0.0408. The molecule has 0 amide bonds. The van der Waals surface area contributed by atoms with Crippen LogP contribution in [0.25, 0.3) is 16.8 Å². The minimum atomic E-state index is -1.59. The number of benzene rings is 1. The summed E-state index contributed by atoms with van der Waals surface area (Å²) in [5.41, 5.74) is 0.954. The molecule has 1 fully saturated rings. The molecule has 2 aliphatic rings. The van der Waals surface area contributed by atoms with Crippen molar-refractivity contribution in [3.63, 3.8) is 0 Å². The number of pyridine rings is 1. The van der Waals surface area contributed by atoms with Crippen LogP contribution < -0.4 is 5.32 Å². The summed E-state index contributed by atoms with van der Waals surface area (Å²) in [4.78, 5) is 5.20. The smallest absolute Gasteiger partial charge is 0.194 e. The van der Waals surface area contributed by atoms with Gasteiger partial charge in [-0.05, 0) is 23.8 Å². The lowest BCUT2D eigenvalue weighted by Gasteiger charge is -2.43. The van der Waals surface area contributed by atoms with E-state index in [1.54, 1.807) is 12.3 Å². The Morgan fingerprint density at radius 1 is 1.26 bits per heavy atom. The number of nitrogens with zero attached hydrogens (tertiary/aromatic N) is 4. The van der Waals surface area contributed by atoms with Crippen molar-refractivity contribution < 1.29 is 32.9 Å². The van der Waals surface area contributed by atoms with Gasteiger partial charge in [0.2, 0.25) is 0 Å². The van der Waals surface area contributed by atoms with E-state index < -0.39 is 53.8 Å². The SMILES string of the molecule is COC1C(n2cc(-c3cc(F)c(F)c(F)c3)nn2)[C@@H](O)C(CO)O[C@@H]1Sc1cc(Cl)cnc1C1=CCNC1. The molecule has 202 valence electrons. The zero-order chi connectivity index (χ0) is 27.0. The van der Waals surface area contributed by atoms with Gasteiger partial charge in [-0.1, -0.05) is 34.7 Å². The molecule has 0 bridgehead atoms. The standard InChI is InChI=1S/C24H23ClF3N5O4S/c1-36-23-21(33-9-16(31-32-33)12-4-14(26)19(28)15(27)5-12)22(35)17(10-34)37-24(23)38-18-6-13(25)8-30-20(18)11-2-3-29-7-11/h2,4-6,8-9,17,21-24,29,34-35H,3,7,10H2,1H3/t17?,21?,22-,23?,24+/m0/s1. The van der Waals surface area contributed by atoms with Gasteiger partial charge >= 0.3 is 0 Å². The number of halogens is 4. The number of nitrogens with one attached hydrogen (secondary N) is 1. The highest BCUT2D eigenvalue weighted by atomic mass is 35.5. The predicted octanol–water partition coefficient (Wildman–Crippen LogP) is 2.82. The highest BCUT2D eigenvalue weighted by molar-refractivity contribution is 7.99. The Morgan fingerprint density at radius 2 is 2.03 bits per heavy atom. The molecule has 2 aromatic heterocycles. The number of rotatable bonds is 7. The van der Waals surface area contributed by atoms with E-state index in [4.69, 9.17) is 21.1 Å². The number of thioether (sulfide) groups is 1. The number of aromatic nitrogens is 4. The van der Waals surface area contributed by atoms with Crippen LogP contribution in [-0.4, -0.2) is 80.7 Å². The molecule has 4 heterocycles. The van der Waals surface area contributed by atoms with Crippen molar-refractivity contribution in [2.24, 2.45) is 0 Å². The molecular formula is C24H23ClF3N5O4S. The van der Waals surface area contributed by atoms with Gasteiger partial charge in [0, 0.05) is 36.9 Å². The molecule has 9 nitrogen and oxygen atoms in total. The summed E-state index contributed by atoms with van der Waals surface area (Å²) in [5.74, 6) is -4.33. The summed E-state index contributed by atoms with van der Waals surface area (Å²) >= 11 is 7.51. The summed E-state index contributed by atoms with van der Waals surface area (Å²) in [5, 5.41) is 32.7. The summed E-state index contributed by atoms with van der Waals surface area (Å²) in [6.07, 6.45) is 1.82. The van der Waals surface area contributed by atoms with E-state index in [1.165, 1.54) is 29.8 Å². The van der Waals surface area contributed by atoms with E-state index in [2.05, 4.69) is 20.6 Å². The molecule has 5 rings (SSSR count). The molecule has 3 N–H and O–H groups in total. The first-order chi connectivity index (χ1) is 18.3. The number of hydrogen-bond acceptors (Lipinski definition) is 9. The van der Waals surface area contributed by atoms with Crippen LogP contribution in [0.4, 0.5) is 13.2 Å². The van der Waals surface area contributed by atoms with Gasteiger partial charge in [-0.25, -0.2) is 17.9 Å². The Morgan fingerprint density at radius 3 is 2.68 bits per heavy atom. The molecule has 0 saturated carbocycles. The molecule has 1 saturated heterocycles. The van der Waals surface area contributed by atoms with Gasteiger partial charge in [-0.3, -0.25) is 4.98 Å². The van der Waals surface area contributed by atoms with Gasteiger partial charge in [0.05, 0.1) is 23.5 Å². The quantitative estimate of drug-likeness (QED) is 0.370. The van der Waals surface area contributed by atoms with E-state index in [1.807, 2.05) is 6.08 Å². The van der Waals surface area contributed by atoms with Gasteiger partial charge in [-0.2, -0.15) is 0 Å². The van der Waals surface area contributed by atoms with Crippen LogP contribution >= 0.6 is 23.4 Å². The molecule has 1 aromatic carbocycles. The third-order valence-corrected chi connectivity index (χ3v) is 7.75. The zero-order valence-corrected chi connectivity index (χ0v) is 21.5. The van der Waals surface area contributed by atoms with Crippen LogP contribution in [-0.2, 0) is 9.47 Å². The van der Waals surface area contributed by atoms with Gasteiger partial charge in [0.15, 0.2) is 17.5 Å². The first kappa shape index (κ1) is 27.1. The molecule has 3 aromatic rings. The highest BCUT2D eigenvalue weighted by Gasteiger charge is 2.47. The fourth-order valence-electron chi connectivity index (χ4n) is 4.50. The van der Waals surface area contributed by atoms with Crippen molar-refractivity contribution >= 4 is 28.9 Å². The van der Waals surface area contributed by atoms with Crippen molar-refractivity contribution in [2.45, 2.75) is 34.7 Å². The van der Waals surface area contributed by atoms with Crippen LogP contribution in [0.2, 0.25) is 5.02 Å². The number of hydrogen-bond donors (Lipinski definition) is 3. The van der Waals surface area contributed by atoms with Crippen molar-refractivity contribution in [3.05, 3.63) is 64.8 Å². The molecular weight excluding hydrogens is 547 g/mol. The third kappa shape index (κ3) is 5.19. The van der Waals surface area contributed by atoms with Crippen molar-refractivity contribution in [1.29, 1.82) is 0 Å². The molecule has 5 atom stereocenters. The number of aliphatic hydroxyl groups is 2. The van der Waals surface area contributed by atoms with Crippen LogP contribution in [0.5, 0.6) is 0 Å². The molecule has 0 aliphatic carbocycles. The fourth-order valence-corrected chi connectivity index (χ4v) is 6.07. The van der Waals surface area contributed by atoms with Gasteiger partial charge < -0.3 is 25.0 Å². The number of aliphatic hydroxyl groups excluding tert-OH is 2. The van der Waals surface area contributed by atoms with Crippen LogP contribution in [0.3, 0.4) is 0 Å². The van der Waals surface area contributed by atoms with E-state index in [0.29, 0.717) is 23.0 Å². The van der Waals surface area contributed by atoms with Crippen molar-refractivity contribution in [1.82, 2.24) is 25.3 Å². The van der Waals surface area contributed by atoms with E-state index in [-0.39, 0.29) is 11.3 Å².